The highest BCUT2D eigenvalue weighted by Crippen LogP contribution is 2.39. The second-order valence-electron chi connectivity index (χ2n) is 8.63. The third-order valence-corrected chi connectivity index (χ3v) is 6.41. The number of pyridine rings is 1. The van der Waals surface area contributed by atoms with E-state index in [-0.39, 0.29) is 23.6 Å². The summed E-state index contributed by atoms with van der Waals surface area (Å²) in [7, 11) is 1.57. The summed E-state index contributed by atoms with van der Waals surface area (Å²) in [6, 6.07) is 13.9. The lowest BCUT2D eigenvalue weighted by molar-refractivity contribution is -0.116. The van der Waals surface area contributed by atoms with Gasteiger partial charge in [-0.1, -0.05) is 49.6 Å². The molecule has 0 bridgehead atoms. The smallest absolute Gasteiger partial charge is 0.267 e. The van der Waals surface area contributed by atoms with Gasteiger partial charge in [0.05, 0.1) is 12.1 Å². The molecule has 1 aromatic heterocycles. The molecule has 1 fully saturated rings. The Morgan fingerprint density at radius 2 is 1.81 bits per heavy atom. The monoisotopic (exact) mass is 432 g/mol. The average molecular weight is 433 g/mol. The zero-order valence-electron chi connectivity index (χ0n) is 18.5. The maximum absolute atomic E-state index is 12.8. The van der Waals surface area contributed by atoms with Crippen LogP contribution in [-0.4, -0.2) is 27.9 Å². The van der Waals surface area contributed by atoms with Crippen molar-refractivity contribution in [1.82, 2.24) is 9.88 Å². The number of aryl methyl sites for hydroxylation is 1. The molecule has 2 aromatic carbocycles. The summed E-state index contributed by atoms with van der Waals surface area (Å²) in [5.41, 5.74) is 2.93. The van der Waals surface area contributed by atoms with E-state index in [2.05, 4.69) is 23.5 Å². The van der Waals surface area contributed by atoms with Gasteiger partial charge in [-0.25, -0.2) is 0 Å². The van der Waals surface area contributed by atoms with Gasteiger partial charge in [0, 0.05) is 12.4 Å². The maximum atomic E-state index is 12.8. The Hall–Kier alpha value is -3.41. The molecule has 0 spiro atoms. The Kier molecular flexibility index (Phi) is 6.12. The molecule has 1 aliphatic carbocycles. The van der Waals surface area contributed by atoms with Gasteiger partial charge in [0.15, 0.2) is 0 Å². The number of nitrogens with one attached hydrogen (secondary N) is 1. The zero-order chi connectivity index (χ0) is 22.8. The first kappa shape index (κ1) is 21.8. The number of fused-ring (bicyclic) bond motifs is 1. The van der Waals surface area contributed by atoms with Gasteiger partial charge in [-0.15, -0.1) is 0 Å². The number of carbonyl (C=O) groups is 2. The molecule has 2 N–H and O–H groups in total. The lowest BCUT2D eigenvalue weighted by atomic mass is 9.81. The van der Waals surface area contributed by atoms with Crippen LogP contribution < -0.4 is 10.9 Å². The first-order valence-corrected chi connectivity index (χ1v) is 11.1. The van der Waals surface area contributed by atoms with Crippen LogP contribution in [0.5, 0.6) is 5.75 Å². The van der Waals surface area contributed by atoms with Gasteiger partial charge in [0.25, 0.3) is 11.5 Å². The molecule has 0 unspecified atom stereocenters. The topological polar surface area (TPSA) is 88.4 Å². The lowest BCUT2D eigenvalue weighted by Crippen LogP contribution is -2.34. The van der Waals surface area contributed by atoms with Gasteiger partial charge >= 0.3 is 0 Å². The van der Waals surface area contributed by atoms with Crippen molar-refractivity contribution < 1.29 is 14.7 Å². The van der Waals surface area contributed by atoms with E-state index in [1.54, 1.807) is 13.1 Å². The van der Waals surface area contributed by atoms with Crippen LogP contribution in [-0.2, 0) is 11.8 Å². The number of Topliss-reactive ketones (excluding diaryl/α,β-unsaturated/α-hetero) is 1. The predicted octanol–water partition coefficient (Wildman–Crippen LogP) is 4.28. The van der Waals surface area contributed by atoms with Crippen molar-refractivity contribution in [2.45, 2.75) is 44.9 Å². The van der Waals surface area contributed by atoms with E-state index in [0.717, 1.165) is 11.1 Å². The molecule has 1 saturated carbocycles. The highest BCUT2D eigenvalue weighted by atomic mass is 16.3. The summed E-state index contributed by atoms with van der Waals surface area (Å²) in [5.74, 6) is -0.844. The summed E-state index contributed by atoms with van der Waals surface area (Å²) in [6.07, 6.45) is 6.09. The molecular weight excluding hydrogens is 404 g/mol. The van der Waals surface area contributed by atoms with Crippen molar-refractivity contribution in [2.24, 2.45) is 7.05 Å². The van der Waals surface area contributed by atoms with Crippen molar-refractivity contribution in [3.8, 4) is 16.9 Å². The number of aromatic nitrogens is 1. The number of rotatable bonds is 5. The Bertz CT molecular complexity index is 1250. The van der Waals surface area contributed by atoms with E-state index >= 15 is 0 Å². The fourth-order valence-corrected chi connectivity index (χ4v) is 4.73. The van der Waals surface area contributed by atoms with Crippen molar-refractivity contribution in [2.75, 3.05) is 6.54 Å². The van der Waals surface area contributed by atoms with E-state index < -0.39 is 11.5 Å². The van der Waals surface area contributed by atoms with Gasteiger partial charge in [0.2, 0.25) is 0 Å². The molecule has 4 rings (SSSR count). The fourth-order valence-electron chi connectivity index (χ4n) is 4.73. The minimum absolute atomic E-state index is 0.200. The number of carbonyl (C=O) groups excluding carboxylic acids is 2. The van der Waals surface area contributed by atoms with E-state index in [1.807, 2.05) is 18.2 Å². The highest BCUT2D eigenvalue weighted by molar-refractivity contribution is 6.04. The van der Waals surface area contributed by atoms with Crippen LogP contribution in [0.3, 0.4) is 0 Å². The summed E-state index contributed by atoms with van der Waals surface area (Å²) < 4.78 is 1.36. The van der Waals surface area contributed by atoms with Crippen LogP contribution >= 0.6 is 0 Å². The van der Waals surface area contributed by atoms with E-state index in [1.165, 1.54) is 49.2 Å². The molecule has 0 atom stereocenters. The van der Waals surface area contributed by atoms with E-state index in [0.29, 0.717) is 16.8 Å². The molecule has 1 heterocycles. The van der Waals surface area contributed by atoms with E-state index in [4.69, 9.17) is 0 Å². The van der Waals surface area contributed by atoms with Crippen LogP contribution in [0.15, 0.2) is 47.3 Å². The normalized spacial score (nSPS) is 14.4. The molecule has 6 nitrogen and oxygen atoms in total. The zero-order valence-corrected chi connectivity index (χ0v) is 18.5. The first-order valence-electron chi connectivity index (χ1n) is 11.1. The van der Waals surface area contributed by atoms with Crippen LogP contribution in [0.4, 0.5) is 0 Å². The molecule has 32 heavy (non-hydrogen) atoms. The quantitative estimate of drug-likeness (QED) is 0.630. The number of hydrogen-bond acceptors (Lipinski definition) is 4. The van der Waals surface area contributed by atoms with Crippen LogP contribution in [0, 0.1) is 0 Å². The molecular formula is C26H28N2O4. The molecule has 6 heteroatoms. The molecule has 3 aromatic rings. The van der Waals surface area contributed by atoms with Crippen LogP contribution in [0.25, 0.3) is 22.0 Å². The number of hydrogen-bond donors (Lipinski definition) is 2. The fraction of sp³-hybridized carbons (Fsp3) is 0.346. The SMILES string of the molecule is CC(=O)CNC(=O)c1c(O)c2cc(-c3ccccc3C3CCCCC3)ccc2n(C)c1=O. The molecule has 0 aliphatic heterocycles. The van der Waals surface area contributed by atoms with Gasteiger partial charge in [-0.05, 0) is 54.5 Å². The Labute approximate surface area is 186 Å². The van der Waals surface area contributed by atoms with Gasteiger partial charge in [-0.3, -0.25) is 14.4 Å². The third kappa shape index (κ3) is 4.05. The molecule has 166 valence electrons. The Morgan fingerprint density at radius 3 is 2.53 bits per heavy atom. The number of benzene rings is 2. The summed E-state index contributed by atoms with van der Waals surface area (Å²) in [5, 5.41) is 13.8. The molecule has 1 amide bonds. The van der Waals surface area contributed by atoms with Gasteiger partial charge < -0.3 is 15.0 Å². The van der Waals surface area contributed by atoms with Gasteiger partial charge in [0.1, 0.15) is 17.1 Å². The second-order valence-corrected chi connectivity index (χ2v) is 8.63. The molecule has 1 aliphatic rings. The van der Waals surface area contributed by atoms with Crippen molar-refractivity contribution in [3.05, 3.63) is 63.9 Å². The highest BCUT2D eigenvalue weighted by Gasteiger charge is 2.23. The van der Waals surface area contributed by atoms with Gasteiger partial charge in [-0.2, -0.15) is 0 Å². The van der Waals surface area contributed by atoms with Crippen molar-refractivity contribution in [3.63, 3.8) is 0 Å². The number of aromatic hydroxyl groups is 1. The third-order valence-electron chi connectivity index (χ3n) is 6.41. The number of amides is 1. The lowest BCUT2D eigenvalue weighted by Gasteiger charge is -2.24. The minimum atomic E-state index is -0.756. The first-order chi connectivity index (χ1) is 15.4. The van der Waals surface area contributed by atoms with Crippen LogP contribution in [0.1, 0.15) is 60.9 Å². The summed E-state index contributed by atoms with van der Waals surface area (Å²) >= 11 is 0. The average Bonchev–Trinajstić information content (AvgIpc) is 2.81. The van der Waals surface area contributed by atoms with Crippen molar-refractivity contribution in [1.29, 1.82) is 0 Å². The Morgan fingerprint density at radius 1 is 1.09 bits per heavy atom. The standard InChI is InChI=1S/C26H28N2O4/c1-16(29)15-27-25(31)23-24(30)21-14-18(12-13-22(21)28(2)26(23)32)20-11-7-6-10-19(20)17-8-4-3-5-9-17/h6-7,10-14,17,30H,3-5,8-9,15H2,1-2H3,(H,27,31). The summed E-state index contributed by atoms with van der Waals surface area (Å²) in [4.78, 5) is 36.6. The van der Waals surface area contributed by atoms with E-state index in [9.17, 15) is 19.5 Å². The number of nitrogens with zero attached hydrogens (tertiary/aromatic N) is 1. The Balaban J connectivity index is 1.84. The molecule has 0 radical (unpaired) electrons. The number of ketones is 1. The predicted molar refractivity (Wildman–Crippen MR) is 125 cm³/mol. The largest absolute Gasteiger partial charge is 0.506 e. The van der Waals surface area contributed by atoms with Crippen molar-refractivity contribution >= 4 is 22.6 Å². The minimum Gasteiger partial charge on any atom is -0.506 e. The summed E-state index contributed by atoms with van der Waals surface area (Å²) in [6.45, 7) is 1.14. The second kappa shape index (κ2) is 8.99. The van der Waals surface area contributed by atoms with Crippen LogP contribution in [0.2, 0.25) is 0 Å². The molecule has 0 saturated heterocycles. The maximum Gasteiger partial charge on any atom is 0.267 e.